The quantitative estimate of drug-likeness (QED) is 0.638. The summed E-state index contributed by atoms with van der Waals surface area (Å²) in [6, 6.07) is 2.31. The summed E-state index contributed by atoms with van der Waals surface area (Å²) in [6.45, 7) is 4.85. The highest BCUT2D eigenvalue weighted by atomic mass is 16.5. The average molecular weight is 348 g/mol. The Kier molecular flexibility index (Phi) is 7.52. The van der Waals surface area contributed by atoms with Gasteiger partial charge < -0.3 is 20.1 Å². The highest BCUT2D eigenvalue weighted by Crippen LogP contribution is 2.25. The first-order valence-electron chi connectivity index (χ1n) is 9.93. The fourth-order valence-corrected chi connectivity index (χ4v) is 3.75. The van der Waals surface area contributed by atoms with Gasteiger partial charge in [-0.15, -0.1) is 0 Å². The molecule has 0 bridgehead atoms. The molecule has 1 fully saturated rings. The SMILES string of the molecule is COCCc1cc(CCCCCO[C@@H]2CCNC2)nc2c1CCCN2. The molecule has 25 heavy (non-hydrogen) atoms. The number of ether oxygens (including phenoxy) is 2. The van der Waals surface area contributed by atoms with Crippen molar-refractivity contribution in [3.05, 3.63) is 22.9 Å². The van der Waals surface area contributed by atoms with Gasteiger partial charge in [-0.25, -0.2) is 4.98 Å². The van der Waals surface area contributed by atoms with Crippen LogP contribution in [0.1, 0.15) is 48.9 Å². The van der Waals surface area contributed by atoms with Crippen molar-refractivity contribution in [3.63, 3.8) is 0 Å². The number of methoxy groups -OCH3 is 1. The Bertz CT molecular complexity index is 530. The zero-order valence-corrected chi connectivity index (χ0v) is 15.6. The van der Waals surface area contributed by atoms with E-state index in [2.05, 4.69) is 16.7 Å². The van der Waals surface area contributed by atoms with E-state index in [4.69, 9.17) is 14.5 Å². The van der Waals surface area contributed by atoms with Crippen molar-refractivity contribution < 1.29 is 9.47 Å². The topological polar surface area (TPSA) is 55.4 Å². The number of unbranched alkanes of at least 4 members (excludes halogenated alkanes) is 2. The molecular weight excluding hydrogens is 314 g/mol. The minimum Gasteiger partial charge on any atom is -0.384 e. The summed E-state index contributed by atoms with van der Waals surface area (Å²) in [4.78, 5) is 4.87. The lowest BCUT2D eigenvalue weighted by Gasteiger charge is -2.21. The first kappa shape index (κ1) is 18.6. The number of nitrogens with one attached hydrogen (secondary N) is 2. The van der Waals surface area contributed by atoms with Crippen molar-refractivity contribution in [2.45, 2.75) is 57.5 Å². The molecule has 0 aromatic carbocycles. The molecule has 0 radical (unpaired) electrons. The van der Waals surface area contributed by atoms with Gasteiger partial charge in [0, 0.05) is 32.5 Å². The molecule has 2 aliphatic rings. The van der Waals surface area contributed by atoms with Crippen molar-refractivity contribution in [1.82, 2.24) is 10.3 Å². The van der Waals surface area contributed by atoms with E-state index in [0.717, 1.165) is 70.8 Å². The number of nitrogens with zero attached hydrogens (tertiary/aromatic N) is 1. The van der Waals surface area contributed by atoms with Gasteiger partial charge in [0.15, 0.2) is 0 Å². The number of aryl methyl sites for hydroxylation is 1. The van der Waals surface area contributed by atoms with Gasteiger partial charge in [0.25, 0.3) is 0 Å². The third-order valence-electron chi connectivity index (χ3n) is 5.19. The first-order valence-corrected chi connectivity index (χ1v) is 9.93. The lowest BCUT2D eigenvalue weighted by Crippen LogP contribution is -2.17. The average Bonchev–Trinajstić information content (AvgIpc) is 3.16. The van der Waals surface area contributed by atoms with Crippen LogP contribution < -0.4 is 10.6 Å². The molecule has 5 heteroatoms. The zero-order valence-electron chi connectivity index (χ0n) is 15.6. The molecule has 5 nitrogen and oxygen atoms in total. The molecular formula is C20H33N3O2. The summed E-state index contributed by atoms with van der Waals surface area (Å²) in [5.74, 6) is 1.12. The van der Waals surface area contributed by atoms with Gasteiger partial charge in [-0.1, -0.05) is 6.42 Å². The number of hydrogen-bond donors (Lipinski definition) is 2. The number of rotatable bonds is 10. The van der Waals surface area contributed by atoms with Crippen LogP contribution in [0.3, 0.4) is 0 Å². The van der Waals surface area contributed by atoms with E-state index in [1.165, 1.54) is 36.1 Å². The van der Waals surface area contributed by atoms with Crippen LogP contribution in [0, 0.1) is 0 Å². The normalized spacial score (nSPS) is 19.6. The minimum atomic E-state index is 0.441. The van der Waals surface area contributed by atoms with E-state index in [1.807, 2.05) is 0 Å². The van der Waals surface area contributed by atoms with Crippen LogP contribution in [-0.2, 0) is 28.7 Å². The molecule has 1 aromatic rings. The maximum Gasteiger partial charge on any atom is 0.129 e. The molecule has 3 rings (SSSR count). The highest BCUT2D eigenvalue weighted by Gasteiger charge is 2.16. The Morgan fingerprint density at radius 1 is 1.16 bits per heavy atom. The number of fused-ring (bicyclic) bond motifs is 1. The standard InChI is InChI=1S/C20H33N3O2/c1-24-13-9-16-14-17(23-20-19(16)7-5-10-22-20)6-3-2-4-12-25-18-8-11-21-15-18/h14,18,21H,2-13,15H2,1H3,(H,22,23)/t18-/m1/s1. The summed E-state index contributed by atoms with van der Waals surface area (Å²) in [5.41, 5.74) is 4.05. The van der Waals surface area contributed by atoms with Gasteiger partial charge in [-0.2, -0.15) is 0 Å². The summed E-state index contributed by atoms with van der Waals surface area (Å²) in [6.07, 6.45) is 9.52. The Morgan fingerprint density at radius 2 is 2.12 bits per heavy atom. The summed E-state index contributed by atoms with van der Waals surface area (Å²) < 4.78 is 11.2. The van der Waals surface area contributed by atoms with E-state index in [1.54, 1.807) is 7.11 Å². The van der Waals surface area contributed by atoms with Crippen molar-refractivity contribution >= 4 is 5.82 Å². The van der Waals surface area contributed by atoms with E-state index >= 15 is 0 Å². The Morgan fingerprint density at radius 3 is 2.96 bits per heavy atom. The van der Waals surface area contributed by atoms with E-state index in [0.29, 0.717) is 6.10 Å². The summed E-state index contributed by atoms with van der Waals surface area (Å²) in [7, 11) is 1.77. The van der Waals surface area contributed by atoms with Gasteiger partial charge in [0.05, 0.1) is 12.7 Å². The van der Waals surface area contributed by atoms with Crippen molar-refractivity contribution in [1.29, 1.82) is 0 Å². The first-order chi connectivity index (χ1) is 12.4. The number of hydrogen-bond acceptors (Lipinski definition) is 5. The Balaban J connectivity index is 1.44. The Labute approximate surface area is 151 Å². The molecule has 1 saturated heterocycles. The second-order valence-electron chi connectivity index (χ2n) is 7.17. The molecule has 1 atom stereocenters. The molecule has 3 heterocycles. The van der Waals surface area contributed by atoms with Crippen LogP contribution in [-0.4, -0.2) is 51.0 Å². The van der Waals surface area contributed by atoms with Gasteiger partial charge in [-0.05, 0) is 68.7 Å². The van der Waals surface area contributed by atoms with Crippen molar-refractivity contribution in [3.8, 4) is 0 Å². The van der Waals surface area contributed by atoms with Crippen LogP contribution in [0.2, 0.25) is 0 Å². The van der Waals surface area contributed by atoms with E-state index in [-0.39, 0.29) is 0 Å². The molecule has 0 saturated carbocycles. The van der Waals surface area contributed by atoms with Gasteiger partial charge in [-0.3, -0.25) is 0 Å². The predicted octanol–water partition coefficient (Wildman–Crippen LogP) is 2.72. The lowest BCUT2D eigenvalue weighted by atomic mass is 9.97. The monoisotopic (exact) mass is 347 g/mol. The van der Waals surface area contributed by atoms with Crippen LogP contribution in [0.4, 0.5) is 5.82 Å². The molecule has 1 aromatic heterocycles. The smallest absolute Gasteiger partial charge is 0.129 e. The second kappa shape index (κ2) is 10.1. The van der Waals surface area contributed by atoms with E-state index < -0.39 is 0 Å². The minimum absolute atomic E-state index is 0.441. The van der Waals surface area contributed by atoms with E-state index in [9.17, 15) is 0 Å². The largest absolute Gasteiger partial charge is 0.384 e. The van der Waals surface area contributed by atoms with Crippen LogP contribution in [0.25, 0.3) is 0 Å². The summed E-state index contributed by atoms with van der Waals surface area (Å²) >= 11 is 0. The number of anilines is 1. The van der Waals surface area contributed by atoms with Crippen LogP contribution in [0.15, 0.2) is 6.07 Å². The van der Waals surface area contributed by atoms with Gasteiger partial charge in [0.2, 0.25) is 0 Å². The fourth-order valence-electron chi connectivity index (χ4n) is 3.75. The maximum atomic E-state index is 5.89. The third kappa shape index (κ3) is 5.66. The zero-order chi connectivity index (χ0) is 17.3. The second-order valence-corrected chi connectivity index (χ2v) is 7.17. The predicted molar refractivity (Wildman–Crippen MR) is 101 cm³/mol. The van der Waals surface area contributed by atoms with Crippen LogP contribution >= 0.6 is 0 Å². The van der Waals surface area contributed by atoms with Crippen molar-refractivity contribution in [2.75, 3.05) is 45.3 Å². The molecule has 0 spiro atoms. The van der Waals surface area contributed by atoms with Crippen LogP contribution in [0.5, 0.6) is 0 Å². The summed E-state index contributed by atoms with van der Waals surface area (Å²) in [5, 5.41) is 6.83. The molecule has 2 N–H and O–H groups in total. The number of pyridine rings is 1. The lowest BCUT2D eigenvalue weighted by molar-refractivity contribution is 0.0642. The molecule has 2 aliphatic heterocycles. The maximum absolute atomic E-state index is 5.89. The molecule has 0 aliphatic carbocycles. The Hall–Kier alpha value is -1.17. The molecule has 0 amide bonds. The molecule has 140 valence electrons. The fraction of sp³-hybridized carbons (Fsp3) is 0.750. The highest BCUT2D eigenvalue weighted by molar-refractivity contribution is 5.51. The van der Waals surface area contributed by atoms with Gasteiger partial charge in [0.1, 0.15) is 5.82 Å². The third-order valence-corrected chi connectivity index (χ3v) is 5.19. The number of aromatic nitrogens is 1. The van der Waals surface area contributed by atoms with Crippen molar-refractivity contribution in [2.24, 2.45) is 0 Å². The molecule has 0 unspecified atom stereocenters. The van der Waals surface area contributed by atoms with Gasteiger partial charge >= 0.3 is 0 Å².